The normalized spacial score (nSPS) is 37.5. The van der Waals surface area contributed by atoms with Crippen LogP contribution in [0.3, 0.4) is 0 Å². The molecule has 0 aromatic heterocycles. The van der Waals surface area contributed by atoms with E-state index in [9.17, 15) is 0 Å². The number of allylic oxidation sites excluding steroid dienone is 1. The zero-order chi connectivity index (χ0) is 11.7. The summed E-state index contributed by atoms with van der Waals surface area (Å²) >= 11 is 0. The lowest BCUT2D eigenvalue weighted by atomic mass is 9.89. The predicted molar refractivity (Wildman–Crippen MR) is 73.0 cm³/mol. The summed E-state index contributed by atoms with van der Waals surface area (Å²) in [6, 6.07) is 0.755. The molecule has 0 amide bonds. The summed E-state index contributed by atoms with van der Waals surface area (Å²) in [5, 5.41) is 3.86. The highest BCUT2D eigenvalue weighted by molar-refractivity contribution is 5.21. The Morgan fingerprint density at radius 2 is 2.06 bits per heavy atom. The van der Waals surface area contributed by atoms with E-state index < -0.39 is 0 Å². The van der Waals surface area contributed by atoms with Crippen LogP contribution in [-0.2, 0) is 0 Å². The van der Waals surface area contributed by atoms with Gasteiger partial charge in [0.05, 0.1) is 0 Å². The van der Waals surface area contributed by atoms with Crippen LogP contribution >= 0.6 is 0 Å². The topological polar surface area (TPSA) is 12.0 Å². The molecular weight excluding hydrogens is 206 g/mol. The molecule has 96 valence electrons. The molecule has 1 heteroatoms. The summed E-state index contributed by atoms with van der Waals surface area (Å²) in [6.45, 7) is 3.49. The zero-order valence-corrected chi connectivity index (χ0v) is 11.3. The van der Waals surface area contributed by atoms with E-state index in [2.05, 4.69) is 18.3 Å². The van der Waals surface area contributed by atoms with Gasteiger partial charge >= 0.3 is 0 Å². The summed E-state index contributed by atoms with van der Waals surface area (Å²) < 4.78 is 0. The summed E-state index contributed by atoms with van der Waals surface area (Å²) in [6.07, 6.45) is 13.9. The molecule has 0 aromatic carbocycles. The van der Waals surface area contributed by atoms with Crippen molar-refractivity contribution in [1.82, 2.24) is 5.32 Å². The lowest BCUT2D eigenvalue weighted by molar-refractivity contribution is 0.430. The van der Waals surface area contributed by atoms with Gasteiger partial charge in [0.2, 0.25) is 0 Å². The molecule has 3 rings (SSSR count). The third-order valence-electron chi connectivity index (χ3n) is 5.20. The molecule has 0 saturated heterocycles. The SMILES string of the molecule is CCCNC(C1=CCCCC1)C1C2CCCC21. The summed E-state index contributed by atoms with van der Waals surface area (Å²) in [7, 11) is 0. The van der Waals surface area contributed by atoms with Gasteiger partial charge in [-0.3, -0.25) is 0 Å². The molecule has 2 saturated carbocycles. The second-order valence-corrected chi connectivity index (χ2v) is 6.29. The third kappa shape index (κ3) is 2.31. The number of fused-ring (bicyclic) bond motifs is 1. The Hall–Kier alpha value is -0.300. The smallest absolute Gasteiger partial charge is 0.0313 e. The minimum Gasteiger partial charge on any atom is -0.310 e. The molecule has 0 aliphatic heterocycles. The predicted octanol–water partition coefficient (Wildman–Crippen LogP) is 3.90. The second kappa shape index (κ2) is 5.14. The van der Waals surface area contributed by atoms with Gasteiger partial charge in [0, 0.05) is 6.04 Å². The molecule has 0 radical (unpaired) electrons. The minimum atomic E-state index is 0.755. The van der Waals surface area contributed by atoms with Gasteiger partial charge in [-0.05, 0) is 69.2 Å². The van der Waals surface area contributed by atoms with Crippen LogP contribution in [0.4, 0.5) is 0 Å². The van der Waals surface area contributed by atoms with Crippen molar-refractivity contribution in [1.29, 1.82) is 0 Å². The first kappa shape index (κ1) is 11.8. The number of hydrogen-bond acceptors (Lipinski definition) is 1. The molecule has 0 heterocycles. The molecule has 0 aromatic rings. The summed E-state index contributed by atoms with van der Waals surface area (Å²) in [4.78, 5) is 0. The van der Waals surface area contributed by atoms with Gasteiger partial charge < -0.3 is 5.32 Å². The lowest BCUT2D eigenvalue weighted by Crippen LogP contribution is -2.35. The van der Waals surface area contributed by atoms with E-state index in [1.807, 2.05) is 0 Å². The van der Waals surface area contributed by atoms with Crippen LogP contribution in [0, 0.1) is 17.8 Å². The number of nitrogens with one attached hydrogen (secondary N) is 1. The lowest BCUT2D eigenvalue weighted by Gasteiger charge is -2.26. The molecule has 3 unspecified atom stereocenters. The van der Waals surface area contributed by atoms with Crippen LogP contribution in [0.15, 0.2) is 11.6 Å². The van der Waals surface area contributed by atoms with Crippen LogP contribution in [0.2, 0.25) is 0 Å². The van der Waals surface area contributed by atoms with Crippen molar-refractivity contribution in [3.05, 3.63) is 11.6 Å². The Kier molecular flexibility index (Phi) is 3.56. The van der Waals surface area contributed by atoms with Gasteiger partial charge in [-0.15, -0.1) is 0 Å². The Balaban J connectivity index is 1.66. The van der Waals surface area contributed by atoms with Crippen LogP contribution in [-0.4, -0.2) is 12.6 Å². The quantitative estimate of drug-likeness (QED) is 0.710. The molecule has 0 bridgehead atoms. The van der Waals surface area contributed by atoms with E-state index >= 15 is 0 Å². The van der Waals surface area contributed by atoms with E-state index in [0.29, 0.717) is 0 Å². The molecule has 2 fully saturated rings. The maximum Gasteiger partial charge on any atom is 0.0313 e. The van der Waals surface area contributed by atoms with Crippen LogP contribution in [0.1, 0.15) is 58.3 Å². The van der Waals surface area contributed by atoms with Gasteiger partial charge in [-0.25, -0.2) is 0 Å². The standard InChI is InChI=1S/C16H27N/c1-2-11-17-16(12-7-4-3-5-8-12)15-13-9-6-10-14(13)15/h7,13-17H,2-6,8-11H2,1H3. The first-order chi connectivity index (χ1) is 8.42. The van der Waals surface area contributed by atoms with Gasteiger partial charge in [-0.1, -0.05) is 25.0 Å². The van der Waals surface area contributed by atoms with Gasteiger partial charge in [-0.2, -0.15) is 0 Å². The minimum absolute atomic E-state index is 0.755. The highest BCUT2D eigenvalue weighted by atomic mass is 14.9. The second-order valence-electron chi connectivity index (χ2n) is 6.29. The van der Waals surface area contributed by atoms with Gasteiger partial charge in [0.15, 0.2) is 0 Å². The van der Waals surface area contributed by atoms with Crippen LogP contribution < -0.4 is 5.32 Å². The Morgan fingerprint density at radius 3 is 2.71 bits per heavy atom. The monoisotopic (exact) mass is 233 g/mol. The van der Waals surface area contributed by atoms with Crippen molar-refractivity contribution < 1.29 is 0 Å². The maximum absolute atomic E-state index is 3.86. The van der Waals surface area contributed by atoms with E-state index in [1.54, 1.807) is 5.57 Å². The Bertz CT molecular complexity index is 284. The highest BCUT2D eigenvalue weighted by Gasteiger charge is 2.56. The number of hydrogen-bond donors (Lipinski definition) is 1. The Morgan fingerprint density at radius 1 is 1.24 bits per heavy atom. The van der Waals surface area contributed by atoms with Crippen LogP contribution in [0.25, 0.3) is 0 Å². The first-order valence-electron chi connectivity index (χ1n) is 7.84. The molecule has 3 aliphatic carbocycles. The van der Waals surface area contributed by atoms with Crippen LogP contribution in [0.5, 0.6) is 0 Å². The van der Waals surface area contributed by atoms with Crippen molar-refractivity contribution in [2.24, 2.45) is 17.8 Å². The van der Waals surface area contributed by atoms with E-state index in [-0.39, 0.29) is 0 Å². The fourth-order valence-corrected chi connectivity index (χ4v) is 4.33. The fraction of sp³-hybridized carbons (Fsp3) is 0.875. The average molecular weight is 233 g/mol. The molecule has 1 N–H and O–H groups in total. The fourth-order valence-electron chi connectivity index (χ4n) is 4.33. The van der Waals surface area contributed by atoms with Gasteiger partial charge in [0.1, 0.15) is 0 Å². The molecular formula is C16H27N. The number of rotatable bonds is 5. The van der Waals surface area contributed by atoms with Crippen molar-refractivity contribution in [2.75, 3.05) is 6.54 Å². The Labute approximate surface area is 106 Å². The van der Waals surface area contributed by atoms with E-state index in [1.165, 1.54) is 57.9 Å². The highest BCUT2D eigenvalue weighted by Crippen LogP contribution is 2.60. The van der Waals surface area contributed by atoms with Crippen molar-refractivity contribution >= 4 is 0 Å². The van der Waals surface area contributed by atoms with E-state index in [4.69, 9.17) is 0 Å². The summed E-state index contributed by atoms with van der Waals surface area (Å²) in [5.41, 5.74) is 1.77. The average Bonchev–Trinajstić information content (AvgIpc) is 2.85. The maximum atomic E-state index is 3.86. The molecule has 3 atom stereocenters. The van der Waals surface area contributed by atoms with Crippen molar-refractivity contribution in [3.8, 4) is 0 Å². The molecule has 0 spiro atoms. The molecule has 1 nitrogen and oxygen atoms in total. The largest absolute Gasteiger partial charge is 0.310 e. The molecule has 17 heavy (non-hydrogen) atoms. The van der Waals surface area contributed by atoms with Crippen molar-refractivity contribution in [2.45, 2.75) is 64.3 Å². The van der Waals surface area contributed by atoms with E-state index in [0.717, 1.165) is 23.8 Å². The van der Waals surface area contributed by atoms with Crippen molar-refractivity contribution in [3.63, 3.8) is 0 Å². The zero-order valence-electron chi connectivity index (χ0n) is 11.3. The van der Waals surface area contributed by atoms with Gasteiger partial charge in [0.25, 0.3) is 0 Å². The first-order valence-corrected chi connectivity index (χ1v) is 7.84. The third-order valence-corrected chi connectivity index (χ3v) is 5.20. The molecule has 3 aliphatic rings. The summed E-state index contributed by atoms with van der Waals surface area (Å²) in [5.74, 6) is 3.19.